The largest absolute Gasteiger partial charge is 0.463 e. The Morgan fingerprint density at radius 2 is 1.27 bits per heavy atom. The number of anilines is 2. The van der Waals surface area contributed by atoms with Crippen molar-refractivity contribution in [2.45, 2.75) is 24.7 Å². The van der Waals surface area contributed by atoms with Crippen molar-refractivity contribution < 1.29 is 33.7 Å². The van der Waals surface area contributed by atoms with Crippen molar-refractivity contribution in [3.05, 3.63) is 78.2 Å². The van der Waals surface area contributed by atoms with E-state index in [1.807, 2.05) is 60.7 Å². The highest BCUT2D eigenvalue weighted by atomic mass is 16.5. The van der Waals surface area contributed by atoms with Crippen molar-refractivity contribution in [2.24, 2.45) is 0 Å². The monoisotopic (exact) mass is 511 g/mol. The third-order valence-corrected chi connectivity index (χ3v) is 5.66. The molecule has 0 amide bonds. The number of oxazole rings is 1. The van der Waals surface area contributed by atoms with Crippen molar-refractivity contribution in [2.75, 3.05) is 50.2 Å². The minimum atomic E-state index is -0.504. The summed E-state index contributed by atoms with van der Waals surface area (Å²) in [5.74, 6) is -0.917. The zero-order chi connectivity index (χ0) is 26.3. The molecule has 3 aromatic rings. The van der Waals surface area contributed by atoms with E-state index in [0.29, 0.717) is 37.6 Å². The van der Waals surface area contributed by atoms with E-state index < -0.39 is 23.8 Å². The van der Waals surface area contributed by atoms with Crippen molar-refractivity contribution in [1.29, 1.82) is 0 Å². The van der Waals surface area contributed by atoms with Gasteiger partial charge in [0.05, 0.1) is 25.0 Å². The van der Waals surface area contributed by atoms with Crippen LogP contribution in [0.4, 0.5) is 11.7 Å². The number of carbonyl (C=O) groups excluding carboxylic acids is 2. The first kappa shape index (κ1) is 27.7. The second-order valence-corrected chi connectivity index (χ2v) is 8.17. The molecule has 0 saturated heterocycles. The molecule has 2 atom stereocenters. The molecule has 0 spiro atoms. The van der Waals surface area contributed by atoms with Gasteiger partial charge >= 0.3 is 11.9 Å². The van der Waals surface area contributed by atoms with Gasteiger partial charge in [-0.1, -0.05) is 60.7 Å². The standard InChI is InChI=1S/C27H33N3O7/c31-15-17-35-26(33)22(20-7-3-1-4-8-20)11-13-28-24-25(37-19-30-24)29-14-12-23(27(34)36-18-16-32)21-9-5-2-6-10-21/h1-10,19,22-23,28-29,31-32H,11-18H2. The van der Waals surface area contributed by atoms with Gasteiger partial charge in [0.25, 0.3) is 0 Å². The average molecular weight is 512 g/mol. The first-order chi connectivity index (χ1) is 18.1. The Balaban J connectivity index is 1.56. The maximum atomic E-state index is 12.5. The highest BCUT2D eigenvalue weighted by molar-refractivity contribution is 5.78. The molecule has 0 radical (unpaired) electrons. The second-order valence-electron chi connectivity index (χ2n) is 8.17. The van der Waals surface area contributed by atoms with Gasteiger partial charge < -0.3 is 34.7 Å². The average Bonchev–Trinajstić information content (AvgIpc) is 3.38. The third-order valence-electron chi connectivity index (χ3n) is 5.66. The summed E-state index contributed by atoms with van der Waals surface area (Å²) in [6.07, 6.45) is 2.17. The van der Waals surface area contributed by atoms with E-state index in [9.17, 15) is 9.59 Å². The van der Waals surface area contributed by atoms with Gasteiger partial charge in [0, 0.05) is 13.1 Å². The van der Waals surface area contributed by atoms with E-state index in [-0.39, 0.29) is 26.4 Å². The van der Waals surface area contributed by atoms with Crippen LogP contribution in [0, 0.1) is 0 Å². The molecular weight excluding hydrogens is 478 g/mol. The van der Waals surface area contributed by atoms with E-state index in [1.165, 1.54) is 6.39 Å². The number of nitrogens with zero attached hydrogens (tertiary/aromatic N) is 1. The molecule has 3 rings (SSSR count). The molecular formula is C27H33N3O7. The van der Waals surface area contributed by atoms with Crippen LogP contribution in [0.3, 0.4) is 0 Å². The normalized spacial score (nSPS) is 12.4. The van der Waals surface area contributed by atoms with Gasteiger partial charge in [-0.3, -0.25) is 9.59 Å². The molecule has 0 aliphatic heterocycles. The van der Waals surface area contributed by atoms with E-state index in [1.54, 1.807) is 0 Å². The number of carbonyl (C=O) groups is 2. The van der Waals surface area contributed by atoms with E-state index in [0.717, 1.165) is 11.1 Å². The molecule has 0 saturated carbocycles. The molecule has 10 heteroatoms. The topological polar surface area (TPSA) is 143 Å². The molecule has 4 N–H and O–H groups in total. The van der Waals surface area contributed by atoms with Gasteiger partial charge in [0.1, 0.15) is 13.2 Å². The summed E-state index contributed by atoms with van der Waals surface area (Å²) in [5, 5.41) is 24.3. The van der Waals surface area contributed by atoms with Crippen LogP contribution in [0.2, 0.25) is 0 Å². The van der Waals surface area contributed by atoms with Gasteiger partial charge in [-0.25, -0.2) is 0 Å². The first-order valence-corrected chi connectivity index (χ1v) is 12.2. The van der Waals surface area contributed by atoms with Crippen molar-refractivity contribution in [1.82, 2.24) is 4.98 Å². The number of aromatic nitrogens is 1. The third kappa shape index (κ3) is 8.62. The number of hydrogen-bond acceptors (Lipinski definition) is 10. The van der Waals surface area contributed by atoms with Gasteiger partial charge in [-0.05, 0) is 24.0 Å². The second kappa shape index (κ2) is 15.3. The fraction of sp³-hybridized carbons (Fsp3) is 0.370. The van der Waals surface area contributed by atoms with Crippen LogP contribution < -0.4 is 10.6 Å². The lowest BCUT2D eigenvalue weighted by atomic mass is 9.96. The predicted molar refractivity (Wildman–Crippen MR) is 137 cm³/mol. The predicted octanol–water partition coefficient (Wildman–Crippen LogP) is 2.92. The lowest BCUT2D eigenvalue weighted by Crippen LogP contribution is -2.21. The Bertz CT molecular complexity index is 992. The van der Waals surface area contributed by atoms with Crippen molar-refractivity contribution >= 4 is 23.6 Å². The van der Waals surface area contributed by atoms with Gasteiger partial charge in [0.15, 0.2) is 12.2 Å². The lowest BCUT2D eigenvalue weighted by Gasteiger charge is -2.17. The van der Waals surface area contributed by atoms with E-state index >= 15 is 0 Å². The van der Waals surface area contributed by atoms with E-state index in [2.05, 4.69) is 15.6 Å². The molecule has 0 bridgehead atoms. The van der Waals surface area contributed by atoms with Crippen LogP contribution in [0.5, 0.6) is 0 Å². The number of hydrogen-bond donors (Lipinski definition) is 4. The number of esters is 2. The summed E-state index contributed by atoms with van der Waals surface area (Å²) in [7, 11) is 0. The Labute approximate surface area is 215 Å². The summed E-state index contributed by atoms with van der Waals surface area (Å²) in [6.45, 7) is 0.243. The number of nitrogens with one attached hydrogen (secondary N) is 2. The quantitative estimate of drug-likeness (QED) is 0.212. The Morgan fingerprint density at radius 1 is 0.784 bits per heavy atom. The summed E-state index contributed by atoms with van der Waals surface area (Å²) in [6, 6.07) is 18.6. The Hall–Kier alpha value is -3.89. The number of benzene rings is 2. The maximum absolute atomic E-state index is 12.5. The molecule has 10 nitrogen and oxygen atoms in total. The number of ether oxygens (including phenoxy) is 2. The maximum Gasteiger partial charge on any atom is 0.313 e. The van der Waals surface area contributed by atoms with Crippen LogP contribution in [0.25, 0.3) is 0 Å². The molecule has 37 heavy (non-hydrogen) atoms. The van der Waals surface area contributed by atoms with Crippen LogP contribution in [-0.4, -0.2) is 66.7 Å². The van der Waals surface area contributed by atoms with Crippen LogP contribution in [0.1, 0.15) is 35.8 Å². The number of rotatable bonds is 16. The zero-order valence-corrected chi connectivity index (χ0v) is 20.5. The SMILES string of the molecule is O=C(OCCO)C(CCNc1ncoc1NCCC(C(=O)OCCO)c1ccccc1)c1ccccc1. The molecule has 1 aromatic heterocycles. The van der Waals surface area contributed by atoms with Gasteiger partial charge in [-0.15, -0.1) is 0 Å². The highest BCUT2D eigenvalue weighted by Crippen LogP contribution is 2.25. The van der Waals surface area contributed by atoms with Crippen LogP contribution in [0.15, 0.2) is 71.5 Å². The van der Waals surface area contributed by atoms with Crippen molar-refractivity contribution in [3.8, 4) is 0 Å². The van der Waals surface area contributed by atoms with Crippen LogP contribution >= 0.6 is 0 Å². The summed E-state index contributed by atoms with van der Waals surface area (Å²) in [4.78, 5) is 29.3. The van der Waals surface area contributed by atoms with E-state index in [4.69, 9.17) is 24.1 Å². The minimum absolute atomic E-state index is 0.0511. The number of aliphatic hydroxyl groups is 2. The molecule has 198 valence electrons. The fourth-order valence-corrected chi connectivity index (χ4v) is 3.87. The fourth-order valence-electron chi connectivity index (χ4n) is 3.87. The molecule has 2 aromatic carbocycles. The zero-order valence-electron chi connectivity index (χ0n) is 20.5. The molecule has 0 aliphatic rings. The number of aliphatic hydroxyl groups excluding tert-OH is 2. The van der Waals surface area contributed by atoms with Crippen LogP contribution in [-0.2, 0) is 19.1 Å². The molecule has 2 unspecified atom stereocenters. The minimum Gasteiger partial charge on any atom is -0.463 e. The first-order valence-electron chi connectivity index (χ1n) is 12.2. The molecule has 0 fully saturated rings. The summed E-state index contributed by atoms with van der Waals surface area (Å²) < 4.78 is 15.8. The summed E-state index contributed by atoms with van der Waals surface area (Å²) in [5.41, 5.74) is 1.65. The Kier molecular flexibility index (Phi) is 11.4. The molecule has 1 heterocycles. The lowest BCUT2D eigenvalue weighted by molar-refractivity contribution is -0.147. The molecule has 0 aliphatic carbocycles. The smallest absolute Gasteiger partial charge is 0.313 e. The highest BCUT2D eigenvalue weighted by Gasteiger charge is 2.23. The summed E-state index contributed by atoms with van der Waals surface area (Å²) >= 11 is 0. The Morgan fingerprint density at radius 3 is 1.76 bits per heavy atom. The van der Waals surface area contributed by atoms with Gasteiger partial charge in [-0.2, -0.15) is 4.98 Å². The van der Waals surface area contributed by atoms with Gasteiger partial charge in [0.2, 0.25) is 5.88 Å². The van der Waals surface area contributed by atoms with Crippen molar-refractivity contribution in [3.63, 3.8) is 0 Å².